The van der Waals surface area contributed by atoms with Gasteiger partial charge in [-0.1, -0.05) is 48.0 Å². The van der Waals surface area contributed by atoms with Crippen LogP contribution in [0.25, 0.3) is 5.57 Å². The zero-order valence-corrected chi connectivity index (χ0v) is 19.6. The largest absolute Gasteiger partial charge is 0.464 e. The lowest BCUT2D eigenvalue weighted by Gasteiger charge is -2.27. The first kappa shape index (κ1) is 22.5. The van der Waals surface area contributed by atoms with Crippen molar-refractivity contribution in [2.24, 2.45) is 4.99 Å². The number of para-hydroxylation sites is 2. The Balaban J connectivity index is 1.55. The smallest absolute Gasteiger partial charge is 0.426 e. The molecule has 3 aromatic rings. The van der Waals surface area contributed by atoms with Crippen LogP contribution in [0, 0.1) is 6.92 Å². The highest BCUT2D eigenvalue weighted by Crippen LogP contribution is 2.31. The molecule has 0 aliphatic carbocycles. The summed E-state index contributed by atoms with van der Waals surface area (Å²) in [4.78, 5) is 31.6. The zero-order valence-electron chi connectivity index (χ0n) is 18.7. The number of sulfonamides is 1. The maximum absolute atomic E-state index is 13.5. The molecule has 0 spiro atoms. The summed E-state index contributed by atoms with van der Waals surface area (Å²) in [5.74, 6) is -0.510. The molecule has 8 nitrogen and oxygen atoms in total. The summed E-state index contributed by atoms with van der Waals surface area (Å²) in [5.41, 5.74) is 2.28. The molecule has 3 aromatic carbocycles. The Kier molecular flexibility index (Phi) is 5.49. The summed E-state index contributed by atoms with van der Waals surface area (Å²) < 4.78 is 26.9. The third-order valence-corrected chi connectivity index (χ3v) is 7.71. The van der Waals surface area contributed by atoms with Crippen molar-refractivity contribution in [3.05, 3.63) is 106 Å². The molecule has 9 heteroatoms. The van der Waals surface area contributed by atoms with Gasteiger partial charge in [0, 0.05) is 18.0 Å². The van der Waals surface area contributed by atoms with Gasteiger partial charge in [0.2, 0.25) is 0 Å². The third-order valence-electron chi connectivity index (χ3n) is 6.01. The third kappa shape index (κ3) is 3.89. The predicted octanol–water partition coefficient (Wildman–Crippen LogP) is 3.04. The second-order valence-corrected chi connectivity index (χ2v) is 10.0. The minimum Gasteiger partial charge on any atom is -0.464 e. The number of fused-ring (bicyclic) bond motifs is 2. The van der Waals surface area contributed by atoms with Crippen molar-refractivity contribution in [1.29, 1.82) is 0 Å². The van der Waals surface area contributed by atoms with Crippen LogP contribution in [-0.2, 0) is 10.0 Å². The molecule has 0 radical (unpaired) electrons. The van der Waals surface area contributed by atoms with Crippen molar-refractivity contribution in [3.63, 3.8) is 0 Å². The van der Waals surface area contributed by atoms with Crippen LogP contribution in [0.15, 0.2) is 94.6 Å². The van der Waals surface area contributed by atoms with E-state index < -0.39 is 22.0 Å². The van der Waals surface area contributed by atoms with E-state index in [-0.39, 0.29) is 20.5 Å². The van der Waals surface area contributed by atoms with Gasteiger partial charge in [-0.15, -0.1) is 0 Å². The Morgan fingerprint density at radius 1 is 0.971 bits per heavy atom. The summed E-state index contributed by atoms with van der Waals surface area (Å²) >= 11 is 0. The van der Waals surface area contributed by atoms with E-state index in [0.717, 1.165) is 21.7 Å². The number of aryl methyl sites for hydroxylation is 1. The minimum atomic E-state index is -4.48. The molecule has 2 heterocycles. The first-order valence-electron chi connectivity index (χ1n) is 10.9. The number of carboxylic acid groups (broad SMARTS) is 1. The highest BCUT2D eigenvalue weighted by molar-refractivity contribution is 7.93. The second-order valence-electron chi connectivity index (χ2n) is 8.25. The summed E-state index contributed by atoms with van der Waals surface area (Å²) in [5, 5.41) is 11.8. The van der Waals surface area contributed by atoms with E-state index in [1.165, 1.54) is 35.2 Å². The molecule has 0 saturated heterocycles. The van der Waals surface area contributed by atoms with Gasteiger partial charge in [-0.25, -0.2) is 18.2 Å². The number of rotatable bonds is 4. The molecule has 5 rings (SSSR count). The van der Waals surface area contributed by atoms with Crippen molar-refractivity contribution in [2.75, 3.05) is 10.8 Å². The van der Waals surface area contributed by atoms with Gasteiger partial charge in [0.1, 0.15) is 0 Å². The van der Waals surface area contributed by atoms with Gasteiger partial charge < -0.3 is 10.0 Å². The Morgan fingerprint density at radius 3 is 2.40 bits per heavy atom. The van der Waals surface area contributed by atoms with E-state index in [1.54, 1.807) is 31.3 Å². The SMILES string of the molecule is Cc1ccc(S(=O)(=O)N(C(=O)O)c2ccccc2C(=O)N2C=C3N=c4ccccc4=C3CC2)cc1. The molecule has 0 fully saturated rings. The van der Waals surface area contributed by atoms with Crippen LogP contribution >= 0.6 is 0 Å². The van der Waals surface area contributed by atoms with Gasteiger partial charge in [0.05, 0.1) is 27.2 Å². The van der Waals surface area contributed by atoms with E-state index in [4.69, 9.17) is 0 Å². The Labute approximate surface area is 201 Å². The molecular weight excluding hydrogens is 466 g/mol. The molecule has 0 saturated carbocycles. The average Bonchev–Trinajstić information content (AvgIpc) is 3.22. The fourth-order valence-electron chi connectivity index (χ4n) is 4.27. The predicted molar refractivity (Wildman–Crippen MR) is 130 cm³/mol. The number of carbonyl (C=O) groups excluding carboxylic acids is 1. The number of benzene rings is 3. The van der Waals surface area contributed by atoms with E-state index in [9.17, 15) is 23.1 Å². The summed E-state index contributed by atoms with van der Waals surface area (Å²) in [6.07, 6.45) is 0.502. The van der Waals surface area contributed by atoms with E-state index in [0.29, 0.717) is 18.7 Å². The summed E-state index contributed by atoms with van der Waals surface area (Å²) in [6, 6.07) is 19.4. The van der Waals surface area contributed by atoms with E-state index >= 15 is 0 Å². The lowest BCUT2D eigenvalue weighted by atomic mass is 10.0. The van der Waals surface area contributed by atoms with Gasteiger partial charge in [-0.3, -0.25) is 4.79 Å². The van der Waals surface area contributed by atoms with Crippen LogP contribution in [-0.4, -0.2) is 37.0 Å². The number of hydrogen-bond acceptors (Lipinski definition) is 5. The molecule has 0 bridgehead atoms. The van der Waals surface area contributed by atoms with Gasteiger partial charge in [0.15, 0.2) is 0 Å². The van der Waals surface area contributed by atoms with E-state index in [2.05, 4.69) is 4.99 Å². The Hall–Kier alpha value is -4.24. The number of anilines is 1. The summed E-state index contributed by atoms with van der Waals surface area (Å²) in [6.45, 7) is 2.15. The van der Waals surface area contributed by atoms with Gasteiger partial charge >= 0.3 is 6.09 Å². The highest BCUT2D eigenvalue weighted by Gasteiger charge is 2.35. The molecule has 0 aromatic heterocycles. The fraction of sp³-hybridized carbons (Fsp3) is 0.115. The topological polar surface area (TPSA) is 107 Å². The van der Waals surface area contributed by atoms with Gasteiger partial charge in [-0.05, 0) is 49.2 Å². The van der Waals surface area contributed by atoms with Crippen LogP contribution in [0.4, 0.5) is 10.5 Å². The number of carbonyl (C=O) groups is 2. The monoisotopic (exact) mass is 487 g/mol. The zero-order chi connectivity index (χ0) is 24.7. The second kappa shape index (κ2) is 8.52. The highest BCUT2D eigenvalue weighted by atomic mass is 32.2. The van der Waals surface area contributed by atoms with Gasteiger partial charge in [0.25, 0.3) is 15.9 Å². The Morgan fingerprint density at radius 2 is 1.66 bits per heavy atom. The number of allylic oxidation sites excluding steroid dienone is 1. The molecule has 35 heavy (non-hydrogen) atoms. The lowest BCUT2D eigenvalue weighted by Crippen LogP contribution is -2.38. The normalized spacial score (nSPS) is 14.5. The first-order chi connectivity index (χ1) is 16.8. The van der Waals surface area contributed by atoms with Gasteiger partial charge in [-0.2, -0.15) is 4.31 Å². The molecule has 2 amide bonds. The van der Waals surface area contributed by atoms with Crippen LogP contribution in [0.5, 0.6) is 0 Å². The van der Waals surface area contributed by atoms with Crippen molar-refractivity contribution < 1.29 is 23.1 Å². The fourth-order valence-corrected chi connectivity index (χ4v) is 5.59. The van der Waals surface area contributed by atoms with Crippen LogP contribution in [0.3, 0.4) is 0 Å². The van der Waals surface area contributed by atoms with Crippen LogP contribution in [0.2, 0.25) is 0 Å². The number of nitrogens with zero attached hydrogens (tertiary/aromatic N) is 3. The molecular formula is C26H21N3O5S. The van der Waals surface area contributed by atoms with Crippen LogP contribution in [0.1, 0.15) is 22.3 Å². The lowest BCUT2D eigenvalue weighted by molar-refractivity contribution is 0.0822. The first-order valence-corrected chi connectivity index (χ1v) is 12.4. The summed E-state index contributed by atoms with van der Waals surface area (Å²) in [7, 11) is -4.48. The Bertz CT molecular complexity index is 1630. The van der Waals surface area contributed by atoms with Crippen molar-refractivity contribution >= 4 is 33.3 Å². The standard InChI is InChI=1S/C26H21N3O5S/c1-17-10-12-18(13-11-17)35(33,34)29(26(31)32)24-9-5-3-7-21(24)25(30)28-15-14-20-19-6-2-4-8-22(19)27-23(20)16-28/h2-13,16H,14-15H2,1H3,(H,31,32). The molecule has 0 atom stereocenters. The number of amides is 2. The molecule has 1 N–H and O–H groups in total. The van der Waals surface area contributed by atoms with Crippen molar-refractivity contribution in [3.8, 4) is 0 Å². The average molecular weight is 488 g/mol. The van der Waals surface area contributed by atoms with E-state index in [1.807, 2.05) is 24.3 Å². The number of hydrogen-bond donors (Lipinski definition) is 1. The quantitative estimate of drug-likeness (QED) is 0.609. The van der Waals surface area contributed by atoms with Crippen molar-refractivity contribution in [1.82, 2.24) is 4.90 Å². The molecule has 2 aliphatic rings. The maximum atomic E-state index is 13.5. The van der Waals surface area contributed by atoms with Crippen LogP contribution < -0.4 is 14.9 Å². The van der Waals surface area contributed by atoms with Crippen molar-refractivity contribution in [2.45, 2.75) is 18.2 Å². The molecule has 176 valence electrons. The maximum Gasteiger partial charge on any atom is 0.426 e. The minimum absolute atomic E-state index is 0.0404. The molecule has 0 unspecified atom stereocenters. The molecule has 2 aliphatic heterocycles.